The van der Waals surface area contributed by atoms with Gasteiger partial charge in [0.25, 0.3) is 0 Å². The van der Waals surface area contributed by atoms with Crippen molar-refractivity contribution in [2.45, 2.75) is 23.9 Å². The Bertz CT molecular complexity index is 893. The molecule has 5 nitrogen and oxygen atoms in total. The first-order chi connectivity index (χ1) is 12.8. The summed E-state index contributed by atoms with van der Waals surface area (Å²) in [5, 5.41) is 23.7. The number of rotatable bonds is 6. The van der Waals surface area contributed by atoms with Crippen molar-refractivity contribution in [1.29, 1.82) is 10.5 Å². The summed E-state index contributed by atoms with van der Waals surface area (Å²) in [6, 6.07) is 14.6. The minimum Gasteiger partial charge on any atom is -0.381 e. The molecule has 1 N–H and O–H groups in total. The molecule has 1 aromatic carbocycles. The molecule has 1 saturated heterocycles. The van der Waals surface area contributed by atoms with Crippen LogP contribution < -0.4 is 5.32 Å². The van der Waals surface area contributed by atoms with Gasteiger partial charge in [-0.1, -0.05) is 30.3 Å². The molecule has 1 aromatic heterocycles. The van der Waals surface area contributed by atoms with Gasteiger partial charge < -0.3 is 10.1 Å². The summed E-state index contributed by atoms with van der Waals surface area (Å²) in [7, 11) is 0. The van der Waals surface area contributed by atoms with Crippen molar-refractivity contribution in [1.82, 2.24) is 4.98 Å². The summed E-state index contributed by atoms with van der Waals surface area (Å²) in [6.45, 7) is 1.54. The van der Waals surface area contributed by atoms with Crippen molar-refractivity contribution in [3.63, 3.8) is 0 Å². The lowest BCUT2D eigenvalue weighted by atomic mass is 9.97. The van der Waals surface area contributed by atoms with Gasteiger partial charge in [0, 0.05) is 23.3 Å². The van der Waals surface area contributed by atoms with E-state index in [0.29, 0.717) is 39.5 Å². The number of benzene rings is 1. The van der Waals surface area contributed by atoms with Gasteiger partial charge in [-0.3, -0.25) is 0 Å². The Balaban J connectivity index is 1.82. The van der Waals surface area contributed by atoms with E-state index in [4.69, 9.17) is 4.74 Å². The Morgan fingerprint density at radius 1 is 1.12 bits per heavy atom. The third kappa shape index (κ3) is 3.39. The highest BCUT2D eigenvalue weighted by Gasteiger charge is 2.27. The van der Waals surface area contributed by atoms with Crippen LogP contribution in [0.15, 0.2) is 35.4 Å². The number of nitrogens with one attached hydrogen (secondary N) is 1. The van der Waals surface area contributed by atoms with Gasteiger partial charge in [0.2, 0.25) is 0 Å². The van der Waals surface area contributed by atoms with Crippen LogP contribution in [0, 0.1) is 28.6 Å². The zero-order valence-corrected chi connectivity index (χ0v) is 15.1. The van der Waals surface area contributed by atoms with Gasteiger partial charge in [-0.25, -0.2) is 4.98 Å². The fourth-order valence-corrected chi connectivity index (χ4v) is 3.91. The van der Waals surface area contributed by atoms with Crippen LogP contribution in [0.2, 0.25) is 0 Å². The summed E-state index contributed by atoms with van der Waals surface area (Å²) in [5.41, 5.74) is 2.49. The molecule has 4 rings (SSSR count). The Morgan fingerprint density at radius 2 is 1.85 bits per heavy atom. The lowest BCUT2D eigenvalue weighted by Gasteiger charge is -2.25. The van der Waals surface area contributed by atoms with Gasteiger partial charge in [-0.15, -0.1) is 11.8 Å². The Morgan fingerprint density at radius 3 is 2.42 bits per heavy atom. The summed E-state index contributed by atoms with van der Waals surface area (Å²) in [6.07, 6.45) is 2.18. The van der Waals surface area contributed by atoms with E-state index < -0.39 is 0 Å². The zero-order valence-electron chi connectivity index (χ0n) is 14.2. The van der Waals surface area contributed by atoms with E-state index in [1.54, 1.807) is 11.8 Å². The molecule has 2 aliphatic rings. The second-order valence-corrected chi connectivity index (χ2v) is 7.62. The van der Waals surface area contributed by atoms with Gasteiger partial charge in [0.05, 0.1) is 18.8 Å². The molecular formula is C20H18N4OS. The monoisotopic (exact) mass is 362 g/mol. The largest absolute Gasteiger partial charge is 0.381 e. The SMILES string of the molecule is N#Cc1c(NC2CC2)nc(SCC2COC2)c(C#N)c1-c1ccccc1. The molecule has 0 radical (unpaired) electrons. The molecule has 0 unspecified atom stereocenters. The highest BCUT2D eigenvalue weighted by atomic mass is 32.2. The van der Waals surface area contributed by atoms with E-state index in [-0.39, 0.29) is 0 Å². The molecule has 1 aliphatic carbocycles. The molecular weight excluding hydrogens is 344 g/mol. The smallest absolute Gasteiger partial charge is 0.146 e. The molecule has 0 atom stereocenters. The van der Waals surface area contributed by atoms with Gasteiger partial charge in [0.15, 0.2) is 0 Å². The van der Waals surface area contributed by atoms with Gasteiger partial charge in [-0.05, 0) is 18.4 Å². The molecule has 0 spiro atoms. The minimum atomic E-state index is 0.379. The summed E-state index contributed by atoms with van der Waals surface area (Å²) in [4.78, 5) is 4.68. The van der Waals surface area contributed by atoms with Gasteiger partial charge in [0.1, 0.15) is 28.5 Å². The molecule has 130 valence electrons. The van der Waals surface area contributed by atoms with Crippen molar-refractivity contribution in [2.24, 2.45) is 5.92 Å². The lowest BCUT2D eigenvalue weighted by Crippen LogP contribution is -2.29. The van der Waals surface area contributed by atoms with Crippen LogP contribution in [0.3, 0.4) is 0 Å². The quantitative estimate of drug-likeness (QED) is 0.787. The van der Waals surface area contributed by atoms with Crippen molar-refractivity contribution < 1.29 is 4.74 Å². The molecule has 0 bridgehead atoms. The summed E-state index contributed by atoms with van der Waals surface area (Å²) < 4.78 is 5.24. The predicted molar refractivity (Wildman–Crippen MR) is 101 cm³/mol. The van der Waals surface area contributed by atoms with Crippen LogP contribution in [0.4, 0.5) is 5.82 Å². The highest BCUT2D eigenvalue weighted by Crippen LogP contribution is 2.38. The number of thioether (sulfide) groups is 1. The number of hydrogen-bond donors (Lipinski definition) is 1. The normalized spacial score (nSPS) is 16.4. The van der Waals surface area contributed by atoms with Crippen molar-refractivity contribution in [3.05, 3.63) is 41.5 Å². The third-order valence-corrected chi connectivity index (χ3v) is 5.74. The maximum atomic E-state index is 9.84. The van der Waals surface area contributed by atoms with Crippen molar-refractivity contribution in [3.8, 4) is 23.3 Å². The number of anilines is 1. The van der Waals surface area contributed by atoms with Crippen LogP contribution in [-0.2, 0) is 4.74 Å². The highest BCUT2D eigenvalue weighted by molar-refractivity contribution is 7.99. The van der Waals surface area contributed by atoms with E-state index >= 15 is 0 Å². The number of ether oxygens (including phenoxy) is 1. The Labute approximate surface area is 157 Å². The Kier molecular flexibility index (Phi) is 4.79. The lowest BCUT2D eigenvalue weighted by molar-refractivity contribution is -0.0196. The number of nitriles is 2. The molecule has 0 amide bonds. The van der Waals surface area contributed by atoms with E-state index in [0.717, 1.165) is 37.4 Å². The van der Waals surface area contributed by atoms with E-state index in [2.05, 4.69) is 22.4 Å². The fourth-order valence-electron chi connectivity index (χ4n) is 2.88. The average Bonchev–Trinajstić information content (AvgIpc) is 3.44. The predicted octanol–water partition coefficient (Wildman–Crippen LogP) is 3.80. The maximum Gasteiger partial charge on any atom is 0.146 e. The molecule has 6 heteroatoms. The minimum absolute atomic E-state index is 0.379. The Hall–Kier alpha value is -2.54. The second kappa shape index (κ2) is 7.37. The molecule has 1 saturated carbocycles. The topological polar surface area (TPSA) is 81.7 Å². The molecule has 2 fully saturated rings. The summed E-state index contributed by atoms with van der Waals surface area (Å²) in [5.74, 6) is 1.97. The standard InChI is InChI=1S/C20H18N4OS/c21-8-16-18(14-4-2-1-3-5-14)17(9-22)20(26-12-13-10-25-11-13)24-19(16)23-15-6-7-15/h1-5,13,15H,6-7,10-12H2,(H,23,24). The molecule has 26 heavy (non-hydrogen) atoms. The van der Waals surface area contributed by atoms with Crippen LogP contribution >= 0.6 is 11.8 Å². The number of aromatic nitrogens is 1. The first-order valence-corrected chi connectivity index (χ1v) is 9.69. The van der Waals surface area contributed by atoms with E-state index in [1.807, 2.05) is 30.3 Å². The van der Waals surface area contributed by atoms with Crippen molar-refractivity contribution >= 4 is 17.6 Å². The van der Waals surface area contributed by atoms with E-state index in [1.165, 1.54) is 0 Å². The van der Waals surface area contributed by atoms with Gasteiger partial charge in [-0.2, -0.15) is 10.5 Å². The maximum absolute atomic E-state index is 9.84. The second-order valence-electron chi connectivity index (χ2n) is 6.61. The molecule has 1 aliphatic heterocycles. The number of hydrogen-bond acceptors (Lipinski definition) is 6. The molecule has 2 heterocycles. The fraction of sp³-hybridized carbons (Fsp3) is 0.350. The third-order valence-electron chi connectivity index (χ3n) is 4.53. The average molecular weight is 362 g/mol. The number of nitrogens with zero attached hydrogens (tertiary/aromatic N) is 3. The van der Waals surface area contributed by atoms with Crippen LogP contribution in [0.5, 0.6) is 0 Å². The van der Waals surface area contributed by atoms with Crippen LogP contribution in [0.25, 0.3) is 11.1 Å². The van der Waals surface area contributed by atoms with Crippen LogP contribution in [0.1, 0.15) is 24.0 Å². The first kappa shape index (κ1) is 16.9. The molecule has 2 aromatic rings. The number of pyridine rings is 1. The first-order valence-electron chi connectivity index (χ1n) is 8.71. The van der Waals surface area contributed by atoms with Crippen LogP contribution in [-0.4, -0.2) is 30.0 Å². The summed E-state index contributed by atoms with van der Waals surface area (Å²) >= 11 is 1.58. The zero-order chi connectivity index (χ0) is 17.9. The van der Waals surface area contributed by atoms with E-state index in [9.17, 15) is 10.5 Å². The van der Waals surface area contributed by atoms with Gasteiger partial charge >= 0.3 is 0 Å². The van der Waals surface area contributed by atoms with Crippen molar-refractivity contribution in [2.75, 3.05) is 24.3 Å².